The summed E-state index contributed by atoms with van der Waals surface area (Å²) < 4.78 is 5.14. The fourth-order valence-corrected chi connectivity index (χ4v) is 2.57. The average molecular weight is 290 g/mol. The van der Waals surface area contributed by atoms with Gasteiger partial charge in [0.1, 0.15) is 0 Å². The van der Waals surface area contributed by atoms with Gasteiger partial charge < -0.3 is 15.4 Å². The number of nitrogens with one attached hydrogen (secondary N) is 2. The smallest absolute Gasteiger partial charge is 0.251 e. The van der Waals surface area contributed by atoms with Gasteiger partial charge in [-0.2, -0.15) is 0 Å². The number of methoxy groups -OCH3 is 1. The van der Waals surface area contributed by atoms with Gasteiger partial charge in [-0.1, -0.05) is 0 Å². The minimum Gasteiger partial charge on any atom is -0.385 e. The van der Waals surface area contributed by atoms with Crippen LogP contribution in [-0.4, -0.2) is 32.7 Å². The lowest BCUT2D eigenvalue weighted by Gasteiger charge is -2.16. The molecule has 0 bridgehead atoms. The van der Waals surface area contributed by atoms with Crippen molar-refractivity contribution < 1.29 is 9.53 Å². The van der Waals surface area contributed by atoms with Crippen molar-refractivity contribution in [3.05, 3.63) is 29.3 Å². The van der Waals surface area contributed by atoms with Crippen molar-refractivity contribution in [1.29, 1.82) is 0 Å². The molecule has 0 spiro atoms. The van der Waals surface area contributed by atoms with Crippen molar-refractivity contribution >= 4 is 11.6 Å². The third-order valence-corrected chi connectivity index (χ3v) is 4.27. The maximum Gasteiger partial charge on any atom is 0.251 e. The second kappa shape index (κ2) is 6.94. The lowest BCUT2D eigenvalue weighted by atomic mass is 10.0. The molecule has 1 aliphatic carbocycles. The number of carbonyl (C=O) groups is 1. The summed E-state index contributed by atoms with van der Waals surface area (Å²) >= 11 is 0. The zero-order valence-corrected chi connectivity index (χ0v) is 13.3. The highest BCUT2D eigenvalue weighted by Gasteiger charge is 2.42. The fraction of sp³-hybridized carbons (Fsp3) is 0.588. The molecule has 116 valence electrons. The van der Waals surface area contributed by atoms with E-state index in [9.17, 15) is 4.79 Å². The summed E-state index contributed by atoms with van der Waals surface area (Å²) in [5.41, 5.74) is 3.21. The van der Waals surface area contributed by atoms with Crippen LogP contribution < -0.4 is 10.6 Å². The minimum atomic E-state index is 0.0184. The van der Waals surface area contributed by atoms with Crippen LogP contribution >= 0.6 is 0 Å². The number of aryl methyl sites for hydroxylation is 1. The van der Waals surface area contributed by atoms with Crippen LogP contribution in [0.15, 0.2) is 18.2 Å². The molecule has 1 saturated carbocycles. The quantitative estimate of drug-likeness (QED) is 0.774. The minimum absolute atomic E-state index is 0.0184. The number of hydrogen-bond acceptors (Lipinski definition) is 3. The maximum absolute atomic E-state index is 12.3. The van der Waals surface area contributed by atoms with Gasteiger partial charge in [0.05, 0.1) is 0 Å². The van der Waals surface area contributed by atoms with Gasteiger partial charge in [-0.3, -0.25) is 4.79 Å². The van der Waals surface area contributed by atoms with Gasteiger partial charge in [0.15, 0.2) is 0 Å². The zero-order valence-electron chi connectivity index (χ0n) is 13.3. The normalized spacial score (nSPS) is 15.6. The van der Waals surface area contributed by atoms with Crippen molar-refractivity contribution in [3.8, 4) is 0 Å². The summed E-state index contributed by atoms with van der Waals surface area (Å²) in [5, 5.41) is 6.36. The predicted molar refractivity (Wildman–Crippen MR) is 85.8 cm³/mol. The largest absolute Gasteiger partial charge is 0.385 e. The number of carbonyl (C=O) groups excluding carboxylic acids is 1. The fourth-order valence-electron chi connectivity index (χ4n) is 2.57. The van der Waals surface area contributed by atoms with Crippen LogP contribution in [0.1, 0.15) is 42.1 Å². The number of amides is 1. The van der Waals surface area contributed by atoms with E-state index < -0.39 is 0 Å². The molecule has 0 aliphatic heterocycles. The molecule has 1 aromatic rings. The lowest BCUT2D eigenvalue weighted by Crippen LogP contribution is -2.30. The molecule has 0 radical (unpaired) electrons. The molecule has 1 fully saturated rings. The highest BCUT2D eigenvalue weighted by molar-refractivity contribution is 5.94. The van der Waals surface area contributed by atoms with E-state index in [0.717, 1.165) is 42.9 Å². The van der Waals surface area contributed by atoms with Gasteiger partial charge in [0, 0.05) is 38.1 Å². The Kier molecular flexibility index (Phi) is 5.23. The first kappa shape index (κ1) is 15.8. The molecule has 0 unspecified atom stereocenters. The molecule has 0 atom stereocenters. The van der Waals surface area contributed by atoms with Gasteiger partial charge in [0.25, 0.3) is 5.91 Å². The Morgan fingerprint density at radius 3 is 2.71 bits per heavy atom. The topological polar surface area (TPSA) is 50.4 Å². The first-order valence-corrected chi connectivity index (χ1v) is 7.72. The van der Waals surface area contributed by atoms with Gasteiger partial charge in [-0.25, -0.2) is 0 Å². The van der Waals surface area contributed by atoms with Crippen LogP contribution in [0.2, 0.25) is 0 Å². The van der Waals surface area contributed by atoms with E-state index in [0.29, 0.717) is 0 Å². The van der Waals surface area contributed by atoms with E-state index in [1.807, 2.05) is 25.1 Å². The summed E-state index contributed by atoms with van der Waals surface area (Å²) in [6.07, 6.45) is 3.41. The summed E-state index contributed by atoms with van der Waals surface area (Å²) in [4.78, 5) is 12.3. The molecule has 4 heteroatoms. The van der Waals surface area contributed by atoms with E-state index in [1.54, 1.807) is 7.11 Å². The molecule has 4 nitrogen and oxygen atoms in total. The van der Waals surface area contributed by atoms with Crippen molar-refractivity contribution in [2.45, 2.75) is 33.1 Å². The van der Waals surface area contributed by atoms with Gasteiger partial charge in [-0.05, 0) is 62.3 Å². The van der Waals surface area contributed by atoms with E-state index in [-0.39, 0.29) is 11.3 Å². The molecule has 1 aliphatic rings. The molecule has 0 saturated heterocycles. The molecular formula is C17H26N2O2. The Balaban J connectivity index is 1.90. The SMILES string of the molecule is CCNc1ccc(C(=O)NCC2(CCOC)CC2)cc1C. The molecule has 0 aromatic heterocycles. The maximum atomic E-state index is 12.3. The summed E-state index contributed by atoms with van der Waals surface area (Å²) in [5.74, 6) is 0.0184. The second-order valence-corrected chi connectivity index (χ2v) is 5.99. The molecule has 2 N–H and O–H groups in total. The number of benzene rings is 1. The summed E-state index contributed by atoms with van der Waals surface area (Å²) in [6.45, 7) is 6.49. The predicted octanol–water partition coefficient (Wildman–Crippen LogP) is 2.97. The first-order valence-electron chi connectivity index (χ1n) is 7.72. The van der Waals surface area contributed by atoms with Crippen LogP contribution in [0.3, 0.4) is 0 Å². The van der Waals surface area contributed by atoms with E-state index >= 15 is 0 Å². The van der Waals surface area contributed by atoms with Gasteiger partial charge in [-0.15, -0.1) is 0 Å². The van der Waals surface area contributed by atoms with Crippen molar-refractivity contribution in [2.24, 2.45) is 5.41 Å². The monoisotopic (exact) mass is 290 g/mol. The molecule has 2 rings (SSSR count). The van der Waals surface area contributed by atoms with Crippen LogP contribution in [0, 0.1) is 12.3 Å². The number of ether oxygens (including phenoxy) is 1. The highest BCUT2D eigenvalue weighted by Crippen LogP contribution is 2.48. The number of anilines is 1. The zero-order chi connectivity index (χ0) is 15.3. The van der Waals surface area contributed by atoms with Gasteiger partial charge >= 0.3 is 0 Å². The van der Waals surface area contributed by atoms with Crippen LogP contribution in [0.5, 0.6) is 0 Å². The van der Waals surface area contributed by atoms with Gasteiger partial charge in [0.2, 0.25) is 0 Å². The average Bonchev–Trinajstić information content (AvgIpc) is 3.25. The number of hydrogen-bond donors (Lipinski definition) is 2. The van der Waals surface area contributed by atoms with E-state index in [2.05, 4.69) is 17.6 Å². The lowest BCUT2D eigenvalue weighted by molar-refractivity contribution is 0.0938. The Morgan fingerprint density at radius 1 is 1.38 bits per heavy atom. The van der Waals surface area contributed by atoms with Crippen LogP contribution in [0.25, 0.3) is 0 Å². The third kappa shape index (κ3) is 4.21. The first-order chi connectivity index (χ1) is 10.1. The Labute approximate surface area is 127 Å². The molecule has 0 heterocycles. The molecule has 1 aromatic carbocycles. The van der Waals surface area contributed by atoms with Crippen LogP contribution in [-0.2, 0) is 4.74 Å². The standard InChI is InChI=1S/C17H26N2O2/c1-4-18-15-6-5-14(11-13(15)2)16(20)19-12-17(7-8-17)9-10-21-3/h5-6,11,18H,4,7-10,12H2,1-3H3,(H,19,20). The third-order valence-electron chi connectivity index (χ3n) is 4.27. The summed E-state index contributed by atoms with van der Waals surface area (Å²) in [7, 11) is 1.73. The van der Waals surface area contributed by atoms with Crippen molar-refractivity contribution in [1.82, 2.24) is 5.32 Å². The Hall–Kier alpha value is -1.55. The summed E-state index contributed by atoms with van der Waals surface area (Å²) in [6, 6.07) is 5.81. The van der Waals surface area contributed by atoms with E-state index in [1.165, 1.54) is 12.8 Å². The van der Waals surface area contributed by atoms with Crippen molar-refractivity contribution in [3.63, 3.8) is 0 Å². The Bertz CT molecular complexity index is 496. The molecule has 1 amide bonds. The second-order valence-electron chi connectivity index (χ2n) is 5.99. The van der Waals surface area contributed by atoms with Crippen molar-refractivity contribution in [2.75, 3.05) is 32.1 Å². The molecular weight excluding hydrogens is 264 g/mol. The molecule has 21 heavy (non-hydrogen) atoms. The van der Waals surface area contributed by atoms with Crippen LogP contribution in [0.4, 0.5) is 5.69 Å². The number of rotatable bonds is 8. The van der Waals surface area contributed by atoms with E-state index in [4.69, 9.17) is 4.74 Å². The highest BCUT2D eigenvalue weighted by atomic mass is 16.5. The Morgan fingerprint density at radius 2 is 2.14 bits per heavy atom.